The van der Waals surface area contributed by atoms with Crippen LogP contribution in [0, 0.1) is 5.41 Å². The summed E-state index contributed by atoms with van der Waals surface area (Å²) in [5.41, 5.74) is 1.60. The highest BCUT2D eigenvalue weighted by Gasteiger charge is 2.41. The molecule has 6 nitrogen and oxygen atoms in total. The van der Waals surface area contributed by atoms with Crippen LogP contribution in [0.3, 0.4) is 0 Å². The minimum absolute atomic E-state index is 0.424. The number of rotatable bonds is 5. The van der Waals surface area contributed by atoms with E-state index >= 15 is 0 Å². The molecule has 1 aliphatic rings. The third-order valence-electron chi connectivity index (χ3n) is 3.68. The number of hydrogen-bond acceptors (Lipinski definition) is 5. The lowest BCUT2D eigenvalue weighted by Crippen LogP contribution is -2.48. The molecule has 1 fully saturated rings. The summed E-state index contributed by atoms with van der Waals surface area (Å²) in [7, 11) is 1.48. The first-order chi connectivity index (χ1) is 8.85. The number of amides is 1. The molecule has 1 aliphatic heterocycles. The molecule has 1 amide bonds. The highest BCUT2D eigenvalue weighted by Crippen LogP contribution is 2.25. The molecule has 1 rings (SSSR count). The van der Waals surface area contributed by atoms with Crippen LogP contribution in [0.15, 0.2) is 0 Å². The van der Waals surface area contributed by atoms with Crippen LogP contribution in [0.4, 0.5) is 0 Å². The fourth-order valence-electron chi connectivity index (χ4n) is 2.00. The molecule has 0 aromatic rings. The highest BCUT2D eigenvalue weighted by atomic mass is 16.7. The van der Waals surface area contributed by atoms with E-state index in [9.17, 15) is 14.4 Å². The van der Waals surface area contributed by atoms with E-state index in [1.54, 1.807) is 13.8 Å². The monoisotopic (exact) mass is 270 g/mol. The number of nitrogens with zero attached hydrogens (tertiary/aromatic N) is 1. The van der Waals surface area contributed by atoms with Gasteiger partial charge in [0, 0.05) is 19.0 Å². The third kappa shape index (κ3) is 3.32. The van der Waals surface area contributed by atoms with Crippen molar-refractivity contribution in [2.45, 2.75) is 46.1 Å². The van der Waals surface area contributed by atoms with Crippen molar-refractivity contribution < 1.29 is 19.2 Å². The van der Waals surface area contributed by atoms with Gasteiger partial charge in [-0.05, 0) is 19.3 Å². The van der Waals surface area contributed by atoms with Gasteiger partial charge in [-0.1, -0.05) is 20.8 Å². The molecule has 0 saturated carbocycles. The molecule has 1 saturated heterocycles. The van der Waals surface area contributed by atoms with Gasteiger partial charge >= 0.3 is 5.97 Å². The van der Waals surface area contributed by atoms with E-state index in [-0.39, 0.29) is 0 Å². The lowest BCUT2D eigenvalue weighted by atomic mass is 9.84. The molecular formula is C13H22N2O4. The van der Waals surface area contributed by atoms with Crippen LogP contribution in [0.2, 0.25) is 0 Å². The van der Waals surface area contributed by atoms with Crippen LogP contribution in [0.1, 0.15) is 40.0 Å². The van der Waals surface area contributed by atoms with Gasteiger partial charge in [0.1, 0.15) is 6.04 Å². The van der Waals surface area contributed by atoms with Gasteiger partial charge in [-0.3, -0.25) is 9.59 Å². The zero-order valence-electron chi connectivity index (χ0n) is 12.0. The molecular weight excluding hydrogens is 248 g/mol. The van der Waals surface area contributed by atoms with Crippen molar-refractivity contribution in [1.29, 1.82) is 0 Å². The van der Waals surface area contributed by atoms with Gasteiger partial charge in [-0.25, -0.2) is 4.79 Å². The second kappa shape index (κ2) is 6.14. The van der Waals surface area contributed by atoms with Gasteiger partial charge in [0.2, 0.25) is 5.78 Å². The Hall–Kier alpha value is -1.43. The Morgan fingerprint density at radius 1 is 1.37 bits per heavy atom. The summed E-state index contributed by atoms with van der Waals surface area (Å²) in [4.78, 5) is 42.1. The van der Waals surface area contributed by atoms with E-state index < -0.39 is 29.1 Å². The van der Waals surface area contributed by atoms with E-state index in [4.69, 9.17) is 4.84 Å². The summed E-state index contributed by atoms with van der Waals surface area (Å²) in [6.07, 6.45) is 1.82. The maximum absolute atomic E-state index is 12.2. The second-order valence-electron chi connectivity index (χ2n) is 5.35. The van der Waals surface area contributed by atoms with E-state index in [0.29, 0.717) is 25.8 Å². The van der Waals surface area contributed by atoms with E-state index in [1.165, 1.54) is 11.9 Å². The maximum Gasteiger partial charge on any atom is 0.347 e. The van der Waals surface area contributed by atoms with Gasteiger partial charge in [0.15, 0.2) is 0 Å². The molecule has 19 heavy (non-hydrogen) atoms. The lowest BCUT2D eigenvalue weighted by molar-refractivity contribution is -0.161. The minimum Gasteiger partial charge on any atom is -0.369 e. The Balaban J connectivity index is 2.81. The molecule has 0 aromatic heterocycles. The average Bonchev–Trinajstić information content (AvgIpc) is 2.86. The Morgan fingerprint density at radius 3 is 2.53 bits per heavy atom. The summed E-state index contributed by atoms with van der Waals surface area (Å²) < 4.78 is 0. The number of carbonyl (C=O) groups excluding carboxylic acids is 3. The van der Waals surface area contributed by atoms with Gasteiger partial charge < -0.3 is 9.74 Å². The number of ketones is 1. The normalized spacial score (nSPS) is 19.4. The van der Waals surface area contributed by atoms with E-state index in [2.05, 4.69) is 5.48 Å². The molecule has 0 unspecified atom stereocenters. The number of hydrogen-bond donors (Lipinski definition) is 1. The van der Waals surface area contributed by atoms with Crippen molar-refractivity contribution in [3.63, 3.8) is 0 Å². The van der Waals surface area contributed by atoms with Gasteiger partial charge in [-0.15, -0.1) is 0 Å². The third-order valence-corrected chi connectivity index (χ3v) is 3.68. The number of nitrogens with one attached hydrogen (secondary N) is 1. The highest BCUT2D eigenvalue weighted by molar-refractivity contribution is 6.38. The smallest absolute Gasteiger partial charge is 0.347 e. The van der Waals surface area contributed by atoms with Crippen LogP contribution >= 0.6 is 0 Å². The molecule has 0 radical (unpaired) electrons. The first kappa shape index (κ1) is 15.6. The number of likely N-dealkylation sites (tertiary alicyclic amines) is 1. The molecule has 0 aliphatic carbocycles. The van der Waals surface area contributed by atoms with Crippen molar-refractivity contribution in [1.82, 2.24) is 10.4 Å². The van der Waals surface area contributed by atoms with Crippen molar-refractivity contribution >= 4 is 17.7 Å². The predicted molar refractivity (Wildman–Crippen MR) is 69.0 cm³/mol. The Bertz CT molecular complexity index is 379. The molecule has 0 spiro atoms. The van der Waals surface area contributed by atoms with Gasteiger partial charge in [-0.2, -0.15) is 5.48 Å². The quantitative estimate of drug-likeness (QED) is 0.586. The Morgan fingerprint density at radius 2 is 2.00 bits per heavy atom. The van der Waals surface area contributed by atoms with Crippen molar-refractivity contribution in [3.8, 4) is 0 Å². The van der Waals surface area contributed by atoms with Crippen molar-refractivity contribution in [3.05, 3.63) is 0 Å². The first-order valence-corrected chi connectivity index (χ1v) is 6.58. The zero-order chi connectivity index (χ0) is 14.6. The largest absolute Gasteiger partial charge is 0.369 e. The van der Waals surface area contributed by atoms with Gasteiger partial charge in [0.25, 0.3) is 5.91 Å². The Labute approximate surface area is 113 Å². The SMILES string of the molecule is CCC(C)(C)C(=O)C(=O)N1CCC[C@H]1C(=O)ONC. The van der Waals surface area contributed by atoms with E-state index in [0.717, 1.165) is 0 Å². The molecule has 1 atom stereocenters. The summed E-state index contributed by atoms with van der Waals surface area (Å²) in [6, 6.07) is -0.656. The standard InChI is InChI=1S/C13H22N2O4/c1-5-13(2,3)10(16)11(17)15-8-6-7-9(15)12(18)19-14-4/h9,14H,5-8H2,1-4H3/t9-/m0/s1. The lowest BCUT2D eigenvalue weighted by Gasteiger charge is -2.27. The summed E-state index contributed by atoms with van der Waals surface area (Å²) in [5.74, 6) is -1.54. The first-order valence-electron chi connectivity index (χ1n) is 6.58. The Kier molecular flexibility index (Phi) is 5.05. The van der Waals surface area contributed by atoms with Gasteiger partial charge in [0.05, 0.1) is 0 Å². The summed E-state index contributed by atoms with van der Waals surface area (Å²) >= 11 is 0. The molecule has 0 bridgehead atoms. The molecule has 1 N–H and O–H groups in total. The minimum atomic E-state index is -0.697. The van der Waals surface area contributed by atoms with Crippen LogP contribution in [-0.2, 0) is 19.2 Å². The van der Waals surface area contributed by atoms with Crippen molar-refractivity contribution in [2.24, 2.45) is 5.41 Å². The van der Waals surface area contributed by atoms with E-state index in [1.807, 2.05) is 6.92 Å². The fourth-order valence-corrected chi connectivity index (χ4v) is 2.00. The van der Waals surface area contributed by atoms with Crippen LogP contribution in [0.25, 0.3) is 0 Å². The average molecular weight is 270 g/mol. The zero-order valence-corrected chi connectivity index (χ0v) is 12.0. The molecule has 0 aromatic carbocycles. The van der Waals surface area contributed by atoms with Crippen LogP contribution < -0.4 is 5.48 Å². The number of hydroxylamine groups is 1. The summed E-state index contributed by atoms with van der Waals surface area (Å²) in [5, 5.41) is 0. The number of Topliss-reactive ketones (excluding diaryl/α,β-unsaturated/α-hetero) is 1. The summed E-state index contributed by atoms with van der Waals surface area (Å²) in [6.45, 7) is 5.77. The van der Waals surface area contributed by atoms with Crippen LogP contribution in [0.5, 0.6) is 0 Å². The van der Waals surface area contributed by atoms with Crippen LogP contribution in [-0.4, -0.2) is 42.2 Å². The van der Waals surface area contributed by atoms with Crippen molar-refractivity contribution in [2.75, 3.05) is 13.6 Å². The molecule has 6 heteroatoms. The molecule has 108 valence electrons. The second-order valence-corrected chi connectivity index (χ2v) is 5.35. The molecule has 1 heterocycles. The topological polar surface area (TPSA) is 75.7 Å². The maximum atomic E-state index is 12.2. The number of carbonyl (C=O) groups is 3. The predicted octanol–water partition coefficient (Wildman–Crippen LogP) is 0.660. The fraction of sp³-hybridized carbons (Fsp3) is 0.769.